The van der Waals surface area contributed by atoms with Gasteiger partial charge in [0.2, 0.25) is 5.91 Å². The van der Waals surface area contributed by atoms with Crippen LogP contribution in [0.5, 0.6) is 0 Å². The monoisotopic (exact) mass is 254 g/mol. The van der Waals surface area contributed by atoms with E-state index in [2.05, 4.69) is 41.7 Å². The highest BCUT2D eigenvalue weighted by atomic mass is 16.1. The van der Waals surface area contributed by atoms with Gasteiger partial charge in [-0.05, 0) is 40.0 Å². The molecule has 0 heterocycles. The van der Waals surface area contributed by atoms with Gasteiger partial charge in [0, 0.05) is 31.6 Å². The molecule has 0 aromatic rings. The van der Waals surface area contributed by atoms with E-state index < -0.39 is 0 Å². The molecular formula is C13H26N4O. The molecule has 0 bridgehead atoms. The Morgan fingerprint density at radius 1 is 1.33 bits per heavy atom. The molecule has 5 nitrogen and oxygen atoms in total. The summed E-state index contributed by atoms with van der Waals surface area (Å²) in [5, 5.41) is 9.47. The highest BCUT2D eigenvalue weighted by molar-refractivity contribution is 5.80. The molecule has 1 aliphatic rings. The van der Waals surface area contributed by atoms with Crippen molar-refractivity contribution < 1.29 is 4.79 Å². The summed E-state index contributed by atoms with van der Waals surface area (Å²) >= 11 is 0. The first kappa shape index (κ1) is 14.8. The molecule has 1 aliphatic carbocycles. The van der Waals surface area contributed by atoms with Crippen LogP contribution in [0.15, 0.2) is 4.99 Å². The van der Waals surface area contributed by atoms with E-state index in [9.17, 15) is 4.79 Å². The molecule has 3 N–H and O–H groups in total. The third kappa shape index (κ3) is 7.14. The predicted octanol–water partition coefficient (Wildman–Crippen LogP) is 1.01. The zero-order valence-corrected chi connectivity index (χ0v) is 12.0. The van der Waals surface area contributed by atoms with Gasteiger partial charge in [-0.15, -0.1) is 0 Å². The highest BCUT2D eigenvalue weighted by Gasteiger charge is 2.22. The van der Waals surface area contributed by atoms with Crippen molar-refractivity contribution in [3.05, 3.63) is 0 Å². The minimum absolute atomic E-state index is 0.00874. The fourth-order valence-corrected chi connectivity index (χ4v) is 1.52. The van der Waals surface area contributed by atoms with Gasteiger partial charge in [0.1, 0.15) is 0 Å². The molecular weight excluding hydrogens is 228 g/mol. The van der Waals surface area contributed by atoms with Crippen molar-refractivity contribution in [2.75, 3.05) is 13.6 Å². The zero-order valence-electron chi connectivity index (χ0n) is 12.0. The van der Waals surface area contributed by atoms with Gasteiger partial charge in [-0.25, -0.2) is 0 Å². The summed E-state index contributed by atoms with van der Waals surface area (Å²) in [6.45, 7) is 7.02. The Bertz CT molecular complexity index is 303. The van der Waals surface area contributed by atoms with Crippen molar-refractivity contribution in [2.45, 2.75) is 58.0 Å². The average molecular weight is 254 g/mol. The summed E-state index contributed by atoms with van der Waals surface area (Å²) in [6, 6.07) is 0.459. The lowest BCUT2D eigenvalue weighted by Gasteiger charge is -2.23. The molecule has 1 saturated carbocycles. The van der Waals surface area contributed by atoms with E-state index in [0.717, 1.165) is 31.8 Å². The lowest BCUT2D eigenvalue weighted by Crippen LogP contribution is -2.47. The normalized spacial score (nSPS) is 16.3. The van der Waals surface area contributed by atoms with Gasteiger partial charge in [0.25, 0.3) is 0 Å². The Hall–Kier alpha value is -1.26. The van der Waals surface area contributed by atoms with E-state index in [1.54, 1.807) is 7.05 Å². The van der Waals surface area contributed by atoms with Crippen LogP contribution in [0, 0.1) is 0 Å². The summed E-state index contributed by atoms with van der Waals surface area (Å²) < 4.78 is 0. The van der Waals surface area contributed by atoms with Crippen LogP contribution < -0.4 is 16.0 Å². The average Bonchev–Trinajstić information content (AvgIpc) is 3.04. The summed E-state index contributed by atoms with van der Waals surface area (Å²) in [6.07, 6.45) is 3.69. The molecule has 104 valence electrons. The van der Waals surface area contributed by atoms with Crippen molar-refractivity contribution in [1.29, 1.82) is 0 Å². The van der Waals surface area contributed by atoms with Crippen LogP contribution in [0.25, 0.3) is 0 Å². The summed E-state index contributed by atoms with van der Waals surface area (Å²) in [4.78, 5) is 15.6. The molecule has 0 atom stereocenters. The standard InChI is InChI=1S/C13H26N4O/c1-13(2,3)17-12(14-4)15-9-5-6-11(18)16-10-7-8-10/h10H,5-9H2,1-4H3,(H,16,18)(H2,14,15,17). The van der Waals surface area contributed by atoms with Crippen LogP contribution in [0.1, 0.15) is 46.5 Å². The number of aliphatic imine (C=N–C) groups is 1. The number of hydrogen-bond donors (Lipinski definition) is 3. The highest BCUT2D eigenvalue weighted by Crippen LogP contribution is 2.18. The molecule has 1 rings (SSSR count). The Morgan fingerprint density at radius 3 is 2.50 bits per heavy atom. The lowest BCUT2D eigenvalue weighted by molar-refractivity contribution is -0.121. The number of amides is 1. The first-order valence-electron chi connectivity index (χ1n) is 6.69. The van der Waals surface area contributed by atoms with Crippen LogP contribution in [0.2, 0.25) is 0 Å². The fourth-order valence-electron chi connectivity index (χ4n) is 1.52. The zero-order chi connectivity index (χ0) is 13.6. The van der Waals surface area contributed by atoms with Gasteiger partial charge in [0.15, 0.2) is 5.96 Å². The Balaban J connectivity index is 2.09. The summed E-state index contributed by atoms with van der Waals surface area (Å²) in [5.74, 6) is 0.947. The van der Waals surface area contributed by atoms with E-state index in [4.69, 9.17) is 0 Å². The van der Waals surface area contributed by atoms with Crippen molar-refractivity contribution in [1.82, 2.24) is 16.0 Å². The molecule has 0 aliphatic heterocycles. The first-order chi connectivity index (χ1) is 8.40. The van der Waals surface area contributed by atoms with Crippen molar-refractivity contribution in [3.63, 3.8) is 0 Å². The van der Waals surface area contributed by atoms with Crippen molar-refractivity contribution in [2.24, 2.45) is 4.99 Å². The van der Waals surface area contributed by atoms with Crippen LogP contribution in [0.4, 0.5) is 0 Å². The van der Waals surface area contributed by atoms with Gasteiger partial charge in [0.05, 0.1) is 0 Å². The molecule has 0 aromatic heterocycles. The first-order valence-corrected chi connectivity index (χ1v) is 6.69. The smallest absolute Gasteiger partial charge is 0.220 e. The van der Waals surface area contributed by atoms with E-state index in [-0.39, 0.29) is 11.4 Å². The third-order valence-electron chi connectivity index (χ3n) is 2.53. The van der Waals surface area contributed by atoms with E-state index >= 15 is 0 Å². The second kappa shape index (κ2) is 6.61. The number of nitrogens with zero attached hydrogens (tertiary/aromatic N) is 1. The number of nitrogens with one attached hydrogen (secondary N) is 3. The molecule has 1 amide bonds. The topological polar surface area (TPSA) is 65.5 Å². The van der Waals surface area contributed by atoms with Crippen LogP contribution >= 0.6 is 0 Å². The Kier molecular flexibility index (Phi) is 5.44. The van der Waals surface area contributed by atoms with Gasteiger partial charge in [-0.3, -0.25) is 9.79 Å². The van der Waals surface area contributed by atoms with Crippen molar-refractivity contribution >= 4 is 11.9 Å². The lowest BCUT2D eigenvalue weighted by atomic mass is 10.1. The molecule has 0 spiro atoms. The Labute approximate surface area is 110 Å². The number of carbonyl (C=O) groups is 1. The van der Waals surface area contributed by atoms with Crippen LogP contribution in [-0.2, 0) is 4.79 Å². The molecule has 18 heavy (non-hydrogen) atoms. The minimum atomic E-state index is -0.00874. The number of carbonyl (C=O) groups excluding carboxylic acids is 1. The quantitative estimate of drug-likeness (QED) is 0.390. The maximum absolute atomic E-state index is 11.5. The summed E-state index contributed by atoms with van der Waals surface area (Å²) in [5.41, 5.74) is -0.00874. The van der Waals surface area contributed by atoms with E-state index in [1.165, 1.54) is 0 Å². The van der Waals surface area contributed by atoms with E-state index in [1.807, 2.05) is 0 Å². The Morgan fingerprint density at radius 2 is 2.00 bits per heavy atom. The predicted molar refractivity (Wildman–Crippen MR) is 74.6 cm³/mol. The molecule has 0 unspecified atom stereocenters. The molecule has 5 heteroatoms. The number of hydrogen-bond acceptors (Lipinski definition) is 2. The molecule has 1 fully saturated rings. The van der Waals surface area contributed by atoms with Gasteiger partial charge in [-0.1, -0.05) is 0 Å². The van der Waals surface area contributed by atoms with Gasteiger partial charge < -0.3 is 16.0 Å². The second-order valence-corrected chi connectivity index (χ2v) is 5.82. The number of guanidine groups is 1. The van der Waals surface area contributed by atoms with Crippen LogP contribution in [0.3, 0.4) is 0 Å². The number of rotatable bonds is 5. The fraction of sp³-hybridized carbons (Fsp3) is 0.846. The van der Waals surface area contributed by atoms with Gasteiger partial charge in [-0.2, -0.15) is 0 Å². The van der Waals surface area contributed by atoms with E-state index in [0.29, 0.717) is 12.5 Å². The SMILES string of the molecule is CN=C(NCCCC(=O)NC1CC1)NC(C)(C)C. The third-order valence-corrected chi connectivity index (χ3v) is 2.53. The maximum Gasteiger partial charge on any atom is 0.220 e. The van der Waals surface area contributed by atoms with Gasteiger partial charge >= 0.3 is 0 Å². The minimum Gasteiger partial charge on any atom is -0.356 e. The molecule has 0 aromatic carbocycles. The van der Waals surface area contributed by atoms with Crippen LogP contribution in [-0.4, -0.2) is 37.0 Å². The largest absolute Gasteiger partial charge is 0.356 e. The molecule has 0 radical (unpaired) electrons. The molecule has 0 saturated heterocycles. The second-order valence-electron chi connectivity index (χ2n) is 5.82. The van der Waals surface area contributed by atoms with Crippen molar-refractivity contribution in [3.8, 4) is 0 Å². The summed E-state index contributed by atoms with van der Waals surface area (Å²) in [7, 11) is 1.75. The maximum atomic E-state index is 11.5.